The highest BCUT2D eigenvalue weighted by atomic mass is 16.5. The van der Waals surface area contributed by atoms with Gasteiger partial charge in [0.15, 0.2) is 0 Å². The second kappa shape index (κ2) is 30.9. The molecule has 2 unspecified atom stereocenters. The molecular formula is C45H76N2O5. The number of allylic oxidation sites excluding steroid dienone is 1. The predicted molar refractivity (Wildman–Crippen MR) is 213 cm³/mol. The van der Waals surface area contributed by atoms with E-state index in [0.717, 1.165) is 154 Å². The van der Waals surface area contributed by atoms with Crippen molar-refractivity contribution in [3.8, 4) is 0 Å². The van der Waals surface area contributed by atoms with E-state index >= 15 is 0 Å². The van der Waals surface area contributed by atoms with Gasteiger partial charge in [0.25, 0.3) is 0 Å². The molecule has 2 atom stereocenters. The molecule has 2 aliphatic rings. The molecule has 0 aromatic heterocycles. The van der Waals surface area contributed by atoms with E-state index in [1.165, 1.54) is 24.8 Å². The highest BCUT2D eigenvalue weighted by Crippen LogP contribution is 2.33. The van der Waals surface area contributed by atoms with E-state index < -0.39 is 0 Å². The maximum Gasteiger partial charge on any atom is 0.305 e. The zero-order chi connectivity index (χ0) is 37.5. The number of cyclic esters (lactones) is 2. The molecule has 1 amide bonds. The summed E-state index contributed by atoms with van der Waals surface area (Å²) < 4.78 is 11.6. The first-order valence-corrected chi connectivity index (χ1v) is 21.7. The standard InChI is InChI=1S/C45H76N2O5/c1-4-7-17-25-39-32-36-51-44(49)30-21-14-10-12-19-27-41(46-43(48)38-47-34-23-16-24-35-47)28-20-13-11-15-22-31-45(50)52-37-33-40(26-18-8-5-2)42(39)29-9-6-3/h39-41H,3-5,7-8,10-28,30-38H2,1-2H3,(H,46,48). The summed E-state index contributed by atoms with van der Waals surface area (Å²) in [5.41, 5.74) is 10.4. The van der Waals surface area contributed by atoms with Gasteiger partial charge in [-0.05, 0) is 107 Å². The van der Waals surface area contributed by atoms with Crippen molar-refractivity contribution in [1.29, 1.82) is 0 Å². The van der Waals surface area contributed by atoms with Gasteiger partial charge in [-0.2, -0.15) is 0 Å². The Bertz CT molecular complexity index is 1040. The average Bonchev–Trinajstić information content (AvgIpc) is 3.13. The van der Waals surface area contributed by atoms with Gasteiger partial charge >= 0.3 is 11.9 Å². The Kier molecular flexibility index (Phi) is 27.1. The van der Waals surface area contributed by atoms with Crippen molar-refractivity contribution in [2.75, 3.05) is 32.8 Å². The zero-order valence-corrected chi connectivity index (χ0v) is 33.6. The molecule has 7 heteroatoms. The van der Waals surface area contributed by atoms with Crippen LogP contribution in [-0.2, 0) is 23.9 Å². The second-order valence-corrected chi connectivity index (χ2v) is 15.5. The fourth-order valence-corrected chi connectivity index (χ4v) is 7.88. The molecule has 2 aliphatic heterocycles. The Hall–Kier alpha value is -2.55. The van der Waals surface area contributed by atoms with Gasteiger partial charge < -0.3 is 14.8 Å². The van der Waals surface area contributed by atoms with Gasteiger partial charge in [-0.3, -0.25) is 19.3 Å². The minimum absolute atomic E-state index is 0.108. The molecule has 2 rings (SSSR count). The smallest absolute Gasteiger partial charge is 0.305 e. The molecule has 0 spiro atoms. The molecular weight excluding hydrogens is 649 g/mol. The van der Waals surface area contributed by atoms with Gasteiger partial charge in [-0.25, -0.2) is 0 Å². The van der Waals surface area contributed by atoms with E-state index in [9.17, 15) is 14.4 Å². The molecule has 1 N–H and O–H groups in total. The van der Waals surface area contributed by atoms with Crippen molar-refractivity contribution < 1.29 is 23.9 Å². The van der Waals surface area contributed by atoms with Gasteiger partial charge in [-0.15, -0.1) is 0 Å². The lowest BCUT2D eigenvalue weighted by molar-refractivity contribution is -0.144. The molecule has 0 aromatic carbocycles. The van der Waals surface area contributed by atoms with Gasteiger partial charge in [0.1, 0.15) is 0 Å². The number of amides is 1. The van der Waals surface area contributed by atoms with Gasteiger partial charge in [-0.1, -0.05) is 122 Å². The van der Waals surface area contributed by atoms with Crippen molar-refractivity contribution >= 4 is 17.8 Å². The maximum absolute atomic E-state index is 12.9. The Labute approximate surface area is 318 Å². The molecule has 2 fully saturated rings. The number of ether oxygens (including phenoxy) is 2. The monoisotopic (exact) mass is 725 g/mol. The molecule has 2 heterocycles. The normalized spacial score (nSPS) is 23.7. The third-order valence-corrected chi connectivity index (χ3v) is 11.0. The molecule has 296 valence electrons. The van der Waals surface area contributed by atoms with Crippen molar-refractivity contribution in [3.05, 3.63) is 29.3 Å². The number of rotatable bonds is 11. The number of hydrogen-bond donors (Lipinski definition) is 1. The Balaban J connectivity index is 2.05. The van der Waals surface area contributed by atoms with Crippen LogP contribution in [-0.4, -0.2) is 61.6 Å². The molecule has 2 saturated heterocycles. The van der Waals surface area contributed by atoms with Crippen LogP contribution in [0.5, 0.6) is 0 Å². The van der Waals surface area contributed by atoms with E-state index in [2.05, 4.69) is 47.8 Å². The molecule has 0 saturated carbocycles. The van der Waals surface area contributed by atoms with Crippen LogP contribution < -0.4 is 5.32 Å². The van der Waals surface area contributed by atoms with Crippen LogP contribution in [0.2, 0.25) is 0 Å². The van der Waals surface area contributed by atoms with Gasteiger partial charge in [0.2, 0.25) is 5.91 Å². The first-order chi connectivity index (χ1) is 25.5. The SMILES string of the molecule is C=C=C=C=C1C(CCCCC)CCOC(=O)CCCCCCCC(NC(=O)CN2CCCCC2)CCCCCCCC(=O)OCCC1CCCCC. The quantitative estimate of drug-likeness (QED) is 0.130. The third-order valence-electron chi connectivity index (χ3n) is 11.0. The Morgan fingerprint density at radius 2 is 1.17 bits per heavy atom. The highest BCUT2D eigenvalue weighted by molar-refractivity contribution is 5.78. The van der Waals surface area contributed by atoms with E-state index in [0.29, 0.717) is 32.6 Å². The van der Waals surface area contributed by atoms with Gasteiger partial charge in [0.05, 0.1) is 19.8 Å². The lowest BCUT2D eigenvalue weighted by Gasteiger charge is -2.27. The first-order valence-electron chi connectivity index (χ1n) is 21.7. The number of carbonyl (C=O) groups is 3. The van der Waals surface area contributed by atoms with E-state index in [1.807, 2.05) is 0 Å². The summed E-state index contributed by atoms with van der Waals surface area (Å²) >= 11 is 0. The largest absolute Gasteiger partial charge is 0.466 e. The third kappa shape index (κ3) is 22.5. The molecule has 0 aromatic rings. The van der Waals surface area contributed by atoms with Crippen molar-refractivity contribution in [2.45, 2.75) is 193 Å². The van der Waals surface area contributed by atoms with E-state index in [1.54, 1.807) is 0 Å². The van der Waals surface area contributed by atoms with Crippen LogP contribution in [0.15, 0.2) is 29.3 Å². The number of carbonyl (C=O) groups excluding carboxylic acids is 3. The Morgan fingerprint density at radius 3 is 1.67 bits per heavy atom. The molecule has 52 heavy (non-hydrogen) atoms. The van der Waals surface area contributed by atoms with Crippen LogP contribution in [0, 0.1) is 11.8 Å². The van der Waals surface area contributed by atoms with Crippen LogP contribution in [0.1, 0.15) is 187 Å². The summed E-state index contributed by atoms with van der Waals surface area (Å²) in [6, 6.07) is 0.219. The summed E-state index contributed by atoms with van der Waals surface area (Å²) in [7, 11) is 0. The predicted octanol–water partition coefficient (Wildman–Crippen LogP) is 10.7. The van der Waals surface area contributed by atoms with Crippen LogP contribution in [0.4, 0.5) is 0 Å². The minimum Gasteiger partial charge on any atom is -0.466 e. The lowest BCUT2D eigenvalue weighted by atomic mass is 9.79. The number of nitrogens with one attached hydrogen (secondary N) is 1. The number of unbranched alkanes of at least 4 members (excludes halogenated alkanes) is 4. The topological polar surface area (TPSA) is 84.9 Å². The minimum atomic E-state index is -0.108. The fourth-order valence-electron chi connectivity index (χ4n) is 7.88. The van der Waals surface area contributed by atoms with E-state index in [-0.39, 0.29) is 35.7 Å². The summed E-state index contributed by atoms with van der Waals surface area (Å²) in [5.74, 6) is 0.395. The maximum atomic E-state index is 12.9. The summed E-state index contributed by atoms with van der Waals surface area (Å²) in [5, 5.41) is 3.38. The fraction of sp³-hybridized carbons (Fsp3) is 0.822. The number of piperidine rings is 1. The highest BCUT2D eigenvalue weighted by Gasteiger charge is 2.24. The summed E-state index contributed by atoms with van der Waals surface area (Å²) in [6.07, 6.45) is 27.3. The van der Waals surface area contributed by atoms with Crippen LogP contribution in [0.3, 0.4) is 0 Å². The van der Waals surface area contributed by atoms with Crippen molar-refractivity contribution in [2.24, 2.45) is 11.8 Å². The number of esters is 2. The van der Waals surface area contributed by atoms with Crippen molar-refractivity contribution in [3.63, 3.8) is 0 Å². The summed E-state index contributed by atoms with van der Waals surface area (Å²) in [6.45, 7) is 11.6. The second-order valence-electron chi connectivity index (χ2n) is 15.5. The zero-order valence-electron chi connectivity index (χ0n) is 33.6. The molecule has 7 nitrogen and oxygen atoms in total. The molecule has 0 bridgehead atoms. The van der Waals surface area contributed by atoms with E-state index in [4.69, 9.17) is 9.47 Å². The molecule has 0 aliphatic carbocycles. The van der Waals surface area contributed by atoms with Gasteiger partial charge in [0, 0.05) is 18.9 Å². The number of hydrogen-bond acceptors (Lipinski definition) is 6. The first kappa shape index (κ1) is 45.6. The van der Waals surface area contributed by atoms with Crippen molar-refractivity contribution in [1.82, 2.24) is 10.2 Å². The van der Waals surface area contributed by atoms with Crippen LogP contribution >= 0.6 is 0 Å². The number of nitrogens with zero attached hydrogens (tertiary/aromatic N) is 1. The summed E-state index contributed by atoms with van der Waals surface area (Å²) in [4.78, 5) is 40.7. The lowest BCUT2D eigenvalue weighted by Crippen LogP contribution is -2.43. The number of likely N-dealkylation sites (tertiary alicyclic amines) is 1. The Morgan fingerprint density at radius 1 is 0.692 bits per heavy atom. The van der Waals surface area contributed by atoms with Crippen LogP contribution in [0.25, 0.3) is 0 Å². The average molecular weight is 725 g/mol. The molecule has 0 radical (unpaired) electrons.